The number of rotatable bonds is 4. The lowest BCUT2D eigenvalue weighted by Gasteiger charge is -2.14. The van der Waals surface area contributed by atoms with E-state index in [-0.39, 0.29) is 16.6 Å². The van der Waals surface area contributed by atoms with E-state index in [0.29, 0.717) is 19.5 Å². The third kappa shape index (κ3) is 2.97. The lowest BCUT2D eigenvalue weighted by atomic mass is 10.3. The number of nitrogens with one attached hydrogen (secondary N) is 1. The fraction of sp³-hybridized carbons (Fsp3) is 0.778. The fourth-order valence-corrected chi connectivity index (χ4v) is 1.94. The van der Waals surface area contributed by atoms with Crippen molar-refractivity contribution >= 4 is 27.7 Å². The number of hydrogen-bond acceptors (Lipinski definition) is 2. The lowest BCUT2D eigenvalue weighted by molar-refractivity contribution is -0.128. The predicted molar refractivity (Wildman–Crippen MR) is 57.2 cm³/mol. The van der Waals surface area contributed by atoms with Gasteiger partial charge in [-0.3, -0.25) is 9.59 Å². The van der Waals surface area contributed by atoms with Crippen molar-refractivity contribution in [1.82, 2.24) is 10.2 Å². The summed E-state index contributed by atoms with van der Waals surface area (Å²) in [6.45, 7) is 3.82. The Hall–Kier alpha value is -0.580. The number of halogens is 1. The Morgan fingerprint density at radius 1 is 1.71 bits per heavy atom. The summed E-state index contributed by atoms with van der Waals surface area (Å²) in [5, 5.41) is 2.71. The topological polar surface area (TPSA) is 49.4 Å². The van der Waals surface area contributed by atoms with Gasteiger partial charge >= 0.3 is 0 Å². The molecule has 1 fully saturated rings. The van der Waals surface area contributed by atoms with Crippen LogP contribution in [0.4, 0.5) is 0 Å². The Labute approximate surface area is 92.2 Å². The first-order chi connectivity index (χ1) is 6.65. The van der Waals surface area contributed by atoms with Crippen molar-refractivity contribution < 1.29 is 9.59 Å². The summed E-state index contributed by atoms with van der Waals surface area (Å²) in [5.41, 5.74) is 0. The normalized spacial score (nSPS) is 21.4. The van der Waals surface area contributed by atoms with Crippen molar-refractivity contribution in [2.45, 2.75) is 24.6 Å². The number of carbonyl (C=O) groups is 2. The number of hydrogen-bond donors (Lipinski definition) is 1. The van der Waals surface area contributed by atoms with Crippen LogP contribution in [0.15, 0.2) is 0 Å². The minimum Gasteiger partial charge on any atom is -0.356 e. The molecule has 0 spiro atoms. The highest BCUT2D eigenvalue weighted by Gasteiger charge is 2.28. The largest absolute Gasteiger partial charge is 0.356 e. The second kappa shape index (κ2) is 5.34. The summed E-state index contributed by atoms with van der Waals surface area (Å²) >= 11 is 3.29. The molecule has 0 aromatic heterocycles. The molecule has 0 aromatic rings. The van der Waals surface area contributed by atoms with Crippen LogP contribution >= 0.6 is 15.9 Å². The molecule has 0 aromatic carbocycles. The highest BCUT2D eigenvalue weighted by Crippen LogP contribution is 2.18. The summed E-state index contributed by atoms with van der Waals surface area (Å²) < 4.78 is 0. The second-order valence-corrected chi connectivity index (χ2v) is 4.39. The quantitative estimate of drug-likeness (QED) is 0.751. The van der Waals surface area contributed by atoms with E-state index < -0.39 is 0 Å². The average molecular weight is 263 g/mol. The van der Waals surface area contributed by atoms with Crippen LogP contribution in [0.5, 0.6) is 0 Å². The standard InChI is InChI=1S/C9H15BrN2O2/c1-2-11-8(13)4-6-12-5-3-7(10)9(12)14/h7H,2-6H2,1H3,(H,11,13). The molecular formula is C9H15BrN2O2. The Kier molecular flexibility index (Phi) is 4.38. The van der Waals surface area contributed by atoms with Crippen LogP contribution in [0.25, 0.3) is 0 Å². The third-order valence-electron chi connectivity index (χ3n) is 2.21. The van der Waals surface area contributed by atoms with Crippen molar-refractivity contribution in [3.63, 3.8) is 0 Å². The molecule has 5 heteroatoms. The summed E-state index contributed by atoms with van der Waals surface area (Å²) in [7, 11) is 0. The Morgan fingerprint density at radius 3 is 2.93 bits per heavy atom. The SMILES string of the molecule is CCNC(=O)CCN1CCC(Br)C1=O. The van der Waals surface area contributed by atoms with E-state index >= 15 is 0 Å². The zero-order valence-electron chi connectivity index (χ0n) is 8.25. The second-order valence-electron chi connectivity index (χ2n) is 3.29. The van der Waals surface area contributed by atoms with E-state index in [1.165, 1.54) is 0 Å². The van der Waals surface area contributed by atoms with E-state index in [2.05, 4.69) is 21.2 Å². The molecule has 80 valence electrons. The van der Waals surface area contributed by atoms with E-state index in [0.717, 1.165) is 13.0 Å². The molecule has 1 saturated heterocycles. The van der Waals surface area contributed by atoms with Crippen LogP contribution in [-0.4, -0.2) is 41.2 Å². The monoisotopic (exact) mass is 262 g/mol. The van der Waals surface area contributed by atoms with Gasteiger partial charge in [-0.2, -0.15) is 0 Å². The van der Waals surface area contributed by atoms with Gasteiger partial charge in [0, 0.05) is 26.1 Å². The fourth-order valence-electron chi connectivity index (χ4n) is 1.45. The first kappa shape index (κ1) is 11.5. The van der Waals surface area contributed by atoms with Crippen molar-refractivity contribution in [1.29, 1.82) is 0 Å². The molecule has 4 nitrogen and oxygen atoms in total. The molecule has 2 amide bonds. The van der Waals surface area contributed by atoms with Gasteiger partial charge in [0.2, 0.25) is 11.8 Å². The van der Waals surface area contributed by atoms with Crippen molar-refractivity contribution in [2.24, 2.45) is 0 Å². The maximum atomic E-state index is 11.4. The molecule has 1 unspecified atom stereocenters. The summed E-state index contributed by atoms with van der Waals surface area (Å²) in [5.74, 6) is 0.118. The first-order valence-corrected chi connectivity index (χ1v) is 5.76. The van der Waals surface area contributed by atoms with Crippen LogP contribution < -0.4 is 5.32 Å². The van der Waals surface area contributed by atoms with Gasteiger partial charge in [0.1, 0.15) is 0 Å². The molecule has 1 rings (SSSR count). The molecule has 1 heterocycles. The number of carbonyl (C=O) groups excluding carboxylic acids is 2. The van der Waals surface area contributed by atoms with Gasteiger partial charge in [-0.15, -0.1) is 0 Å². The molecule has 1 N–H and O–H groups in total. The van der Waals surface area contributed by atoms with Gasteiger partial charge < -0.3 is 10.2 Å². The van der Waals surface area contributed by atoms with Gasteiger partial charge in [-0.05, 0) is 13.3 Å². The molecular weight excluding hydrogens is 248 g/mol. The van der Waals surface area contributed by atoms with Gasteiger partial charge in [-0.1, -0.05) is 15.9 Å². The molecule has 1 aliphatic heterocycles. The lowest BCUT2D eigenvalue weighted by Crippen LogP contribution is -2.32. The van der Waals surface area contributed by atoms with Gasteiger partial charge in [0.25, 0.3) is 0 Å². The van der Waals surface area contributed by atoms with E-state index in [1.807, 2.05) is 6.92 Å². The minimum absolute atomic E-state index is 0.0123. The molecule has 0 aliphatic carbocycles. The smallest absolute Gasteiger partial charge is 0.236 e. The number of amides is 2. The molecule has 1 atom stereocenters. The summed E-state index contributed by atoms with van der Waals surface area (Å²) in [6, 6.07) is 0. The maximum Gasteiger partial charge on any atom is 0.236 e. The molecule has 0 saturated carbocycles. The van der Waals surface area contributed by atoms with E-state index in [1.54, 1.807) is 4.90 Å². The average Bonchev–Trinajstić information content (AvgIpc) is 2.46. The summed E-state index contributed by atoms with van der Waals surface area (Å²) in [4.78, 5) is 24.2. The number of alkyl halides is 1. The number of nitrogens with zero attached hydrogens (tertiary/aromatic N) is 1. The highest BCUT2D eigenvalue weighted by molar-refractivity contribution is 9.10. The van der Waals surface area contributed by atoms with Crippen LogP contribution in [0.2, 0.25) is 0 Å². The van der Waals surface area contributed by atoms with Crippen molar-refractivity contribution in [3.8, 4) is 0 Å². The number of likely N-dealkylation sites (tertiary alicyclic amines) is 1. The zero-order chi connectivity index (χ0) is 10.6. The van der Waals surface area contributed by atoms with Crippen molar-refractivity contribution in [2.75, 3.05) is 19.6 Å². The van der Waals surface area contributed by atoms with Gasteiger partial charge in [0.05, 0.1) is 4.83 Å². The van der Waals surface area contributed by atoms with Crippen LogP contribution in [0.3, 0.4) is 0 Å². The highest BCUT2D eigenvalue weighted by atomic mass is 79.9. The van der Waals surface area contributed by atoms with Gasteiger partial charge in [-0.25, -0.2) is 0 Å². The van der Waals surface area contributed by atoms with Crippen LogP contribution in [-0.2, 0) is 9.59 Å². The molecule has 1 aliphatic rings. The van der Waals surface area contributed by atoms with Crippen molar-refractivity contribution in [3.05, 3.63) is 0 Å². The Balaban J connectivity index is 2.25. The Morgan fingerprint density at radius 2 is 2.43 bits per heavy atom. The zero-order valence-corrected chi connectivity index (χ0v) is 9.84. The van der Waals surface area contributed by atoms with E-state index in [4.69, 9.17) is 0 Å². The molecule has 0 bridgehead atoms. The van der Waals surface area contributed by atoms with Gasteiger partial charge in [0.15, 0.2) is 0 Å². The first-order valence-electron chi connectivity index (χ1n) is 4.84. The van der Waals surface area contributed by atoms with Crippen LogP contribution in [0.1, 0.15) is 19.8 Å². The predicted octanol–water partition coefficient (Wildman–Crippen LogP) is 0.508. The summed E-state index contributed by atoms with van der Waals surface area (Å²) in [6.07, 6.45) is 1.24. The Bertz CT molecular complexity index is 233. The molecule has 14 heavy (non-hydrogen) atoms. The van der Waals surface area contributed by atoms with Crippen LogP contribution in [0, 0.1) is 0 Å². The van der Waals surface area contributed by atoms with E-state index in [9.17, 15) is 9.59 Å². The molecule has 0 radical (unpaired) electrons. The minimum atomic E-state index is -0.0447. The third-order valence-corrected chi connectivity index (χ3v) is 3.06. The maximum absolute atomic E-state index is 11.4.